The van der Waals surface area contributed by atoms with E-state index in [2.05, 4.69) is 15.0 Å². The van der Waals surface area contributed by atoms with Gasteiger partial charge in [-0.1, -0.05) is 11.6 Å². The van der Waals surface area contributed by atoms with Gasteiger partial charge in [0.15, 0.2) is 5.15 Å². The van der Waals surface area contributed by atoms with E-state index in [0.717, 1.165) is 6.07 Å². The van der Waals surface area contributed by atoms with Crippen LogP contribution >= 0.6 is 11.6 Å². The normalized spacial score (nSPS) is 16.4. The molecular formula is C23H21ClF5N3O2. The standard InChI is InChI=1S/C23H21ClF5N3O2/c1-33-18-11-14(34-12-17-16(23(27,28)29)3-2-10-30-17)4-5-15(18)19-20(24)32-21(31-19)13-6-8-22(25,26)9-7-13/h2-5,10-11,13H,6-9,12H2,1H3,(H,31,32). The summed E-state index contributed by atoms with van der Waals surface area (Å²) in [5.41, 5.74) is -0.0942. The van der Waals surface area contributed by atoms with Crippen LogP contribution in [0.15, 0.2) is 36.5 Å². The van der Waals surface area contributed by atoms with E-state index in [4.69, 9.17) is 21.1 Å². The van der Waals surface area contributed by atoms with Gasteiger partial charge in [-0.05, 0) is 37.1 Å². The van der Waals surface area contributed by atoms with E-state index in [9.17, 15) is 22.0 Å². The van der Waals surface area contributed by atoms with Crippen molar-refractivity contribution in [1.82, 2.24) is 15.0 Å². The molecule has 1 aromatic carbocycles. The fourth-order valence-electron chi connectivity index (χ4n) is 3.99. The van der Waals surface area contributed by atoms with Gasteiger partial charge in [-0.2, -0.15) is 13.2 Å². The van der Waals surface area contributed by atoms with Gasteiger partial charge >= 0.3 is 6.18 Å². The van der Waals surface area contributed by atoms with Crippen LogP contribution in [-0.2, 0) is 12.8 Å². The third kappa shape index (κ3) is 5.27. The molecule has 34 heavy (non-hydrogen) atoms. The molecule has 11 heteroatoms. The Kier molecular flexibility index (Phi) is 6.71. The quantitative estimate of drug-likeness (QED) is 0.368. The van der Waals surface area contributed by atoms with Crippen LogP contribution in [-0.4, -0.2) is 28.0 Å². The van der Waals surface area contributed by atoms with Crippen molar-refractivity contribution < 1.29 is 31.4 Å². The molecule has 0 spiro atoms. The molecule has 5 nitrogen and oxygen atoms in total. The molecule has 2 heterocycles. The zero-order valence-electron chi connectivity index (χ0n) is 18.1. The Hall–Kier alpha value is -2.88. The highest BCUT2D eigenvalue weighted by molar-refractivity contribution is 6.32. The minimum Gasteiger partial charge on any atom is -0.496 e. The first-order chi connectivity index (χ1) is 16.1. The number of rotatable bonds is 6. The van der Waals surface area contributed by atoms with Gasteiger partial charge < -0.3 is 14.5 Å². The van der Waals surface area contributed by atoms with Crippen molar-refractivity contribution in [2.24, 2.45) is 0 Å². The summed E-state index contributed by atoms with van der Waals surface area (Å²) in [6, 6.07) is 6.87. The maximum absolute atomic E-state index is 13.5. The lowest BCUT2D eigenvalue weighted by molar-refractivity contribution is -0.138. The highest BCUT2D eigenvalue weighted by atomic mass is 35.5. The van der Waals surface area contributed by atoms with E-state index in [1.807, 2.05) is 0 Å². The van der Waals surface area contributed by atoms with Crippen molar-refractivity contribution in [3.63, 3.8) is 0 Å². The number of nitrogens with zero attached hydrogens (tertiary/aromatic N) is 2. The van der Waals surface area contributed by atoms with Crippen LogP contribution in [0.4, 0.5) is 22.0 Å². The third-order valence-electron chi connectivity index (χ3n) is 5.80. The van der Waals surface area contributed by atoms with Crippen LogP contribution in [0.2, 0.25) is 5.15 Å². The largest absolute Gasteiger partial charge is 0.496 e. The lowest BCUT2D eigenvalue weighted by Crippen LogP contribution is -2.24. The molecule has 0 saturated heterocycles. The zero-order valence-corrected chi connectivity index (χ0v) is 18.8. The van der Waals surface area contributed by atoms with E-state index >= 15 is 0 Å². The molecule has 0 aliphatic heterocycles. The van der Waals surface area contributed by atoms with E-state index in [0.29, 0.717) is 35.7 Å². The first-order valence-corrected chi connectivity index (χ1v) is 10.9. The van der Waals surface area contributed by atoms with Gasteiger partial charge in [-0.3, -0.25) is 4.98 Å². The number of hydrogen-bond acceptors (Lipinski definition) is 4. The lowest BCUT2D eigenvalue weighted by Gasteiger charge is -2.26. The first-order valence-electron chi connectivity index (χ1n) is 10.5. The molecule has 1 N–H and O–H groups in total. The van der Waals surface area contributed by atoms with Gasteiger partial charge in [0.1, 0.15) is 23.9 Å². The second kappa shape index (κ2) is 9.40. The Labute approximate surface area is 197 Å². The number of benzene rings is 1. The Morgan fingerprint density at radius 3 is 2.59 bits per heavy atom. The predicted octanol–water partition coefficient (Wildman–Crippen LogP) is 7.02. The predicted molar refractivity (Wildman–Crippen MR) is 115 cm³/mol. The van der Waals surface area contributed by atoms with E-state index < -0.39 is 17.7 Å². The monoisotopic (exact) mass is 501 g/mol. The van der Waals surface area contributed by atoms with Crippen LogP contribution in [0.5, 0.6) is 11.5 Å². The zero-order chi connectivity index (χ0) is 24.5. The van der Waals surface area contributed by atoms with Crippen molar-refractivity contribution in [2.45, 2.75) is 50.3 Å². The first kappa shape index (κ1) is 24.3. The summed E-state index contributed by atoms with van der Waals surface area (Å²) in [7, 11) is 1.43. The minimum atomic E-state index is -4.54. The molecule has 1 aliphatic carbocycles. The summed E-state index contributed by atoms with van der Waals surface area (Å²) in [6.07, 6.45) is -3.08. The topological polar surface area (TPSA) is 60.0 Å². The summed E-state index contributed by atoms with van der Waals surface area (Å²) in [5.74, 6) is -1.65. The van der Waals surface area contributed by atoms with Gasteiger partial charge in [0.25, 0.3) is 0 Å². The summed E-state index contributed by atoms with van der Waals surface area (Å²) in [4.78, 5) is 11.2. The van der Waals surface area contributed by atoms with Crippen molar-refractivity contribution in [2.75, 3.05) is 7.11 Å². The molecule has 0 bridgehead atoms. The highest BCUT2D eigenvalue weighted by Crippen LogP contribution is 2.42. The average Bonchev–Trinajstić information content (AvgIpc) is 3.18. The Morgan fingerprint density at radius 1 is 1.18 bits per heavy atom. The van der Waals surface area contributed by atoms with Crippen molar-refractivity contribution in [1.29, 1.82) is 0 Å². The summed E-state index contributed by atoms with van der Waals surface area (Å²) < 4.78 is 77.5. The number of H-pyrrole nitrogens is 1. The number of halogens is 6. The van der Waals surface area contributed by atoms with E-state index in [1.165, 1.54) is 25.4 Å². The number of methoxy groups -OCH3 is 1. The summed E-state index contributed by atoms with van der Waals surface area (Å²) in [5, 5.41) is 0.169. The molecule has 3 aromatic rings. The molecule has 4 rings (SSSR count). The number of hydrogen-bond donors (Lipinski definition) is 1. The maximum atomic E-state index is 13.5. The number of ether oxygens (including phenoxy) is 2. The summed E-state index contributed by atoms with van der Waals surface area (Å²) >= 11 is 6.33. The Balaban J connectivity index is 1.53. The van der Waals surface area contributed by atoms with Crippen molar-refractivity contribution >= 4 is 11.6 Å². The van der Waals surface area contributed by atoms with Gasteiger partial charge in [0.2, 0.25) is 5.92 Å². The van der Waals surface area contributed by atoms with Gasteiger partial charge in [0, 0.05) is 36.6 Å². The minimum absolute atomic E-state index is 0.152. The molecule has 1 aliphatic rings. The average molecular weight is 502 g/mol. The van der Waals surface area contributed by atoms with Crippen LogP contribution < -0.4 is 9.47 Å². The van der Waals surface area contributed by atoms with Crippen LogP contribution in [0.3, 0.4) is 0 Å². The van der Waals surface area contributed by atoms with Crippen molar-refractivity contribution in [3.05, 3.63) is 58.8 Å². The molecule has 0 amide bonds. The van der Waals surface area contributed by atoms with E-state index in [-0.39, 0.29) is 42.0 Å². The van der Waals surface area contributed by atoms with Crippen LogP contribution in [0.25, 0.3) is 11.3 Å². The van der Waals surface area contributed by atoms with Gasteiger partial charge in [0.05, 0.1) is 24.1 Å². The van der Waals surface area contributed by atoms with Gasteiger partial charge in [-0.25, -0.2) is 13.8 Å². The fraction of sp³-hybridized carbons (Fsp3) is 0.391. The molecule has 0 unspecified atom stereocenters. The number of pyridine rings is 1. The summed E-state index contributed by atoms with van der Waals surface area (Å²) in [6.45, 7) is -0.389. The molecule has 182 valence electrons. The molecule has 0 radical (unpaired) electrons. The molecule has 1 fully saturated rings. The maximum Gasteiger partial charge on any atom is 0.418 e. The SMILES string of the molecule is COc1cc(OCc2ncccc2C(F)(F)F)ccc1-c1[nH]c(C2CCC(F)(F)CC2)nc1Cl. The molecule has 1 saturated carbocycles. The number of aromatic amines is 1. The third-order valence-corrected chi connectivity index (χ3v) is 6.07. The van der Waals surface area contributed by atoms with Gasteiger partial charge in [-0.15, -0.1) is 0 Å². The fourth-order valence-corrected chi connectivity index (χ4v) is 4.23. The number of nitrogens with one attached hydrogen (secondary N) is 1. The van der Waals surface area contributed by atoms with Crippen molar-refractivity contribution in [3.8, 4) is 22.8 Å². The van der Waals surface area contributed by atoms with E-state index in [1.54, 1.807) is 12.1 Å². The number of alkyl halides is 5. The molecule has 0 atom stereocenters. The second-order valence-electron chi connectivity index (χ2n) is 8.06. The van der Waals surface area contributed by atoms with Crippen LogP contribution in [0.1, 0.15) is 48.7 Å². The second-order valence-corrected chi connectivity index (χ2v) is 8.42. The highest BCUT2D eigenvalue weighted by Gasteiger charge is 2.37. The molecule has 2 aromatic heterocycles. The smallest absolute Gasteiger partial charge is 0.418 e. The number of imidazole rings is 1. The molecular weight excluding hydrogens is 481 g/mol. The Morgan fingerprint density at radius 2 is 1.91 bits per heavy atom. The Bertz CT molecular complexity index is 1160. The lowest BCUT2D eigenvalue weighted by atomic mass is 9.86. The van der Waals surface area contributed by atoms with Crippen LogP contribution in [0, 0.1) is 0 Å². The number of aromatic nitrogens is 3.